The van der Waals surface area contributed by atoms with Gasteiger partial charge in [-0.1, -0.05) is 19.9 Å². The lowest BCUT2D eigenvalue weighted by Crippen LogP contribution is -2.22. The van der Waals surface area contributed by atoms with Gasteiger partial charge in [-0.05, 0) is 43.9 Å². The zero-order valence-corrected chi connectivity index (χ0v) is 12.9. The first-order valence-electron chi connectivity index (χ1n) is 7.93. The normalized spacial score (nSPS) is 22.9. The summed E-state index contributed by atoms with van der Waals surface area (Å²) in [6.45, 7) is 7.18. The Morgan fingerprint density at radius 3 is 2.70 bits per heavy atom. The number of nitrogens with zero attached hydrogens (tertiary/aromatic N) is 2. The van der Waals surface area contributed by atoms with Crippen LogP contribution in [0.2, 0.25) is 0 Å². The molecule has 1 aromatic rings. The summed E-state index contributed by atoms with van der Waals surface area (Å²) in [5.41, 5.74) is 3.91. The molecule has 3 rings (SSSR count). The molecule has 1 aromatic heterocycles. The largest absolute Gasteiger partial charge is 0.381 e. The molecule has 3 nitrogen and oxygen atoms in total. The van der Waals surface area contributed by atoms with Crippen LogP contribution in [-0.4, -0.2) is 36.2 Å². The number of pyridine rings is 1. The molecule has 110 valence electrons. The van der Waals surface area contributed by atoms with E-state index in [0.717, 1.165) is 32.2 Å². The molecule has 1 saturated heterocycles. The monoisotopic (exact) mass is 274 g/mol. The van der Waals surface area contributed by atoms with Crippen LogP contribution in [0.1, 0.15) is 61.9 Å². The van der Waals surface area contributed by atoms with Crippen molar-refractivity contribution in [2.45, 2.75) is 57.5 Å². The molecule has 0 radical (unpaired) electrons. The smallest absolute Gasteiger partial charge is 0.0583 e. The molecule has 3 heteroatoms. The molecule has 0 bridgehead atoms. The van der Waals surface area contributed by atoms with E-state index < -0.39 is 0 Å². The molecule has 20 heavy (non-hydrogen) atoms. The highest BCUT2D eigenvalue weighted by molar-refractivity contribution is 5.29. The summed E-state index contributed by atoms with van der Waals surface area (Å²) < 4.78 is 5.57. The van der Waals surface area contributed by atoms with Crippen molar-refractivity contribution in [3.05, 3.63) is 29.1 Å². The van der Waals surface area contributed by atoms with E-state index in [1.54, 1.807) is 0 Å². The average Bonchev–Trinajstić information content (AvgIpc) is 3.15. The van der Waals surface area contributed by atoms with E-state index in [1.165, 1.54) is 29.8 Å². The Bertz CT molecular complexity index is 462. The molecular weight excluding hydrogens is 248 g/mol. The third-order valence-corrected chi connectivity index (χ3v) is 4.56. The fourth-order valence-corrected chi connectivity index (χ4v) is 3.01. The van der Waals surface area contributed by atoms with E-state index in [4.69, 9.17) is 9.72 Å². The van der Waals surface area contributed by atoms with E-state index in [0.29, 0.717) is 11.8 Å². The highest BCUT2D eigenvalue weighted by atomic mass is 16.5. The quantitative estimate of drug-likeness (QED) is 0.823. The standard InChI is InChI=1S/C17H26N2O/c1-12(2)16-7-6-15(13-8-9-20-11-13)17(18-16)10-19(3)14-4-5-14/h6-7,12-14H,4-5,8-11H2,1-3H3. The lowest BCUT2D eigenvalue weighted by atomic mass is 9.95. The molecule has 0 N–H and O–H groups in total. The fourth-order valence-electron chi connectivity index (χ4n) is 3.01. The minimum atomic E-state index is 0.494. The SMILES string of the molecule is CC(C)c1ccc(C2CCOC2)c(CN(C)C2CC2)n1. The van der Waals surface area contributed by atoms with Gasteiger partial charge in [0.1, 0.15) is 0 Å². The van der Waals surface area contributed by atoms with Crippen molar-refractivity contribution in [2.75, 3.05) is 20.3 Å². The Labute approximate surface area is 122 Å². The van der Waals surface area contributed by atoms with Crippen molar-refractivity contribution >= 4 is 0 Å². The van der Waals surface area contributed by atoms with Crippen molar-refractivity contribution in [1.29, 1.82) is 0 Å². The van der Waals surface area contributed by atoms with Gasteiger partial charge in [0.05, 0.1) is 12.3 Å². The Balaban J connectivity index is 1.86. The van der Waals surface area contributed by atoms with E-state index in [-0.39, 0.29) is 0 Å². The van der Waals surface area contributed by atoms with Crippen LogP contribution < -0.4 is 0 Å². The Hall–Kier alpha value is -0.930. The van der Waals surface area contributed by atoms with Crippen LogP contribution in [0.3, 0.4) is 0 Å². The summed E-state index contributed by atoms with van der Waals surface area (Å²) in [7, 11) is 2.23. The zero-order chi connectivity index (χ0) is 14.1. The molecular formula is C17H26N2O. The number of rotatable bonds is 5. The summed E-state index contributed by atoms with van der Waals surface area (Å²) in [5.74, 6) is 1.04. The third-order valence-electron chi connectivity index (χ3n) is 4.56. The molecule has 2 heterocycles. The summed E-state index contributed by atoms with van der Waals surface area (Å²) in [6, 6.07) is 5.30. The molecule has 0 amide bonds. The van der Waals surface area contributed by atoms with Crippen molar-refractivity contribution in [1.82, 2.24) is 9.88 Å². The van der Waals surface area contributed by atoms with Gasteiger partial charge in [-0.25, -0.2) is 0 Å². The van der Waals surface area contributed by atoms with E-state index in [2.05, 4.69) is 37.9 Å². The van der Waals surface area contributed by atoms with Gasteiger partial charge in [-0.15, -0.1) is 0 Å². The minimum absolute atomic E-state index is 0.494. The molecule has 0 aromatic carbocycles. The molecule has 2 fully saturated rings. The van der Waals surface area contributed by atoms with Gasteiger partial charge in [-0.3, -0.25) is 9.88 Å². The highest BCUT2D eigenvalue weighted by Crippen LogP contribution is 2.31. The Morgan fingerprint density at radius 1 is 1.30 bits per heavy atom. The second kappa shape index (κ2) is 5.82. The predicted molar refractivity (Wildman–Crippen MR) is 81.0 cm³/mol. The number of ether oxygens (including phenoxy) is 1. The number of hydrogen-bond donors (Lipinski definition) is 0. The fraction of sp³-hybridized carbons (Fsp3) is 0.706. The predicted octanol–water partition coefficient (Wildman–Crippen LogP) is 3.30. The summed E-state index contributed by atoms with van der Waals surface area (Å²) >= 11 is 0. The van der Waals surface area contributed by atoms with Crippen LogP contribution >= 0.6 is 0 Å². The Kier molecular flexibility index (Phi) is 4.08. The lowest BCUT2D eigenvalue weighted by Gasteiger charge is -2.21. The first-order valence-corrected chi connectivity index (χ1v) is 7.93. The first-order chi connectivity index (χ1) is 9.65. The van der Waals surface area contributed by atoms with Crippen molar-refractivity contribution < 1.29 is 4.74 Å². The zero-order valence-electron chi connectivity index (χ0n) is 12.9. The average molecular weight is 274 g/mol. The van der Waals surface area contributed by atoms with Gasteiger partial charge in [0.25, 0.3) is 0 Å². The second-order valence-electron chi connectivity index (χ2n) is 6.63. The summed E-state index contributed by atoms with van der Waals surface area (Å²) in [6.07, 6.45) is 3.84. The highest BCUT2D eigenvalue weighted by Gasteiger charge is 2.28. The van der Waals surface area contributed by atoms with Crippen LogP contribution in [0.4, 0.5) is 0 Å². The van der Waals surface area contributed by atoms with Gasteiger partial charge in [-0.2, -0.15) is 0 Å². The van der Waals surface area contributed by atoms with Crippen LogP contribution in [0.15, 0.2) is 12.1 Å². The second-order valence-corrected chi connectivity index (χ2v) is 6.63. The summed E-state index contributed by atoms with van der Waals surface area (Å²) in [4.78, 5) is 7.43. The van der Waals surface area contributed by atoms with Gasteiger partial charge in [0.2, 0.25) is 0 Å². The lowest BCUT2D eigenvalue weighted by molar-refractivity contribution is 0.193. The number of hydrogen-bond acceptors (Lipinski definition) is 3. The van der Waals surface area contributed by atoms with E-state index in [1.807, 2.05) is 0 Å². The summed E-state index contributed by atoms with van der Waals surface area (Å²) in [5, 5.41) is 0. The van der Waals surface area contributed by atoms with E-state index in [9.17, 15) is 0 Å². The van der Waals surface area contributed by atoms with Gasteiger partial charge in [0, 0.05) is 30.8 Å². The van der Waals surface area contributed by atoms with Crippen molar-refractivity contribution in [3.8, 4) is 0 Å². The van der Waals surface area contributed by atoms with Crippen LogP contribution in [0.5, 0.6) is 0 Å². The van der Waals surface area contributed by atoms with E-state index >= 15 is 0 Å². The van der Waals surface area contributed by atoms with Gasteiger partial charge in [0.15, 0.2) is 0 Å². The molecule has 1 saturated carbocycles. The van der Waals surface area contributed by atoms with Gasteiger partial charge < -0.3 is 4.74 Å². The molecule has 1 aliphatic heterocycles. The van der Waals surface area contributed by atoms with Crippen molar-refractivity contribution in [3.63, 3.8) is 0 Å². The van der Waals surface area contributed by atoms with Crippen LogP contribution in [0, 0.1) is 0 Å². The maximum absolute atomic E-state index is 5.57. The maximum atomic E-state index is 5.57. The molecule has 0 spiro atoms. The third kappa shape index (κ3) is 3.04. The first kappa shape index (κ1) is 14.0. The topological polar surface area (TPSA) is 25.4 Å². The molecule has 1 atom stereocenters. The van der Waals surface area contributed by atoms with Crippen LogP contribution in [0.25, 0.3) is 0 Å². The molecule has 2 aliphatic rings. The molecule has 1 unspecified atom stereocenters. The Morgan fingerprint density at radius 2 is 2.10 bits per heavy atom. The number of aromatic nitrogens is 1. The minimum Gasteiger partial charge on any atom is -0.381 e. The van der Waals surface area contributed by atoms with Gasteiger partial charge >= 0.3 is 0 Å². The maximum Gasteiger partial charge on any atom is 0.0583 e. The molecule has 1 aliphatic carbocycles. The van der Waals surface area contributed by atoms with Crippen LogP contribution in [-0.2, 0) is 11.3 Å². The van der Waals surface area contributed by atoms with Crippen molar-refractivity contribution in [2.24, 2.45) is 0 Å².